The molecule has 5 nitrogen and oxygen atoms in total. The lowest BCUT2D eigenvalue weighted by Gasteiger charge is -2.13. The maximum Gasteiger partial charge on any atom is 0.410 e. The summed E-state index contributed by atoms with van der Waals surface area (Å²) in [6.07, 6.45) is -1.28. The monoisotopic (exact) mass is 347 g/mol. The fraction of sp³-hybridized carbons (Fsp3) is 0.222. The van der Waals surface area contributed by atoms with Crippen LogP contribution in [-0.2, 0) is 9.47 Å². The number of carbonyl (C=O) groups excluding carboxylic acids is 2. The molecule has 2 aromatic carbocycles. The normalized spacial score (nSPS) is 16.6. The third-order valence-electron chi connectivity index (χ3n) is 3.81. The SMILES string of the molecule is O=C(OCCN1CC(c2ccc(F)c(F)c2)OC1=O)c1ccccc1. The van der Waals surface area contributed by atoms with Gasteiger partial charge in [0, 0.05) is 0 Å². The highest BCUT2D eigenvalue weighted by Crippen LogP contribution is 2.26. The maximum atomic E-state index is 13.3. The second-order valence-corrected chi connectivity index (χ2v) is 5.49. The summed E-state index contributed by atoms with van der Waals surface area (Å²) < 4.78 is 36.5. The van der Waals surface area contributed by atoms with Gasteiger partial charge in [0.1, 0.15) is 12.7 Å². The number of cyclic esters (lactones) is 1. The van der Waals surface area contributed by atoms with E-state index in [1.54, 1.807) is 30.3 Å². The first-order chi connectivity index (χ1) is 12.0. The number of ether oxygens (including phenoxy) is 2. The van der Waals surface area contributed by atoms with Gasteiger partial charge in [0.25, 0.3) is 0 Å². The summed E-state index contributed by atoms with van der Waals surface area (Å²) in [6.45, 7) is 0.331. The summed E-state index contributed by atoms with van der Waals surface area (Å²) >= 11 is 0. The van der Waals surface area contributed by atoms with Gasteiger partial charge in [0.05, 0.1) is 18.7 Å². The molecule has 0 N–H and O–H groups in total. The Kier molecular flexibility index (Phi) is 4.92. The second-order valence-electron chi connectivity index (χ2n) is 5.49. The molecule has 1 aliphatic rings. The first-order valence-corrected chi connectivity index (χ1v) is 7.67. The van der Waals surface area contributed by atoms with Crippen molar-refractivity contribution in [2.24, 2.45) is 0 Å². The van der Waals surface area contributed by atoms with E-state index in [1.807, 2.05) is 0 Å². The number of benzene rings is 2. The Hall–Kier alpha value is -2.96. The standard InChI is InChI=1S/C18H15F2NO4/c19-14-7-6-13(10-15(14)20)16-11-21(18(23)25-16)8-9-24-17(22)12-4-2-1-3-5-12/h1-7,10,16H,8-9,11H2. The Morgan fingerprint density at radius 1 is 1.16 bits per heavy atom. The van der Waals surface area contributed by atoms with E-state index in [4.69, 9.17) is 9.47 Å². The highest BCUT2D eigenvalue weighted by molar-refractivity contribution is 5.89. The Labute approximate surface area is 142 Å². The molecule has 1 fully saturated rings. The van der Waals surface area contributed by atoms with Crippen LogP contribution >= 0.6 is 0 Å². The molecule has 0 aliphatic carbocycles. The van der Waals surface area contributed by atoms with Crippen LogP contribution in [0.4, 0.5) is 13.6 Å². The lowest BCUT2D eigenvalue weighted by atomic mass is 10.1. The van der Waals surface area contributed by atoms with Crippen LogP contribution in [0.1, 0.15) is 22.0 Å². The Morgan fingerprint density at radius 3 is 2.64 bits per heavy atom. The first-order valence-electron chi connectivity index (χ1n) is 7.67. The lowest BCUT2D eigenvalue weighted by molar-refractivity contribution is 0.0477. The van der Waals surface area contributed by atoms with E-state index in [2.05, 4.69) is 0 Å². The van der Waals surface area contributed by atoms with Crippen LogP contribution in [0.15, 0.2) is 48.5 Å². The molecule has 2 aromatic rings. The molecule has 0 saturated carbocycles. The van der Waals surface area contributed by atoms with Crippen molar-refractivity contribution < 1.29 is 27.8 Å². The number of carbonyl (C=O) groups is 2. The summed E-state index contributed by atoms with van der Waals surface area (Å²) in [6, 6.07) is 11.9. The number of halogens is 2. The molecular formula is C18H15F2NO4. The van der Waals surface area contributed by atoms with Crippen molar-refractivity contribution in [1.82, 2.24) is 4.90 Å². The molecule has 1 heterocycles. The molecule has 0 radical (unpaired) electrons. The smallest absolute Gasteiger partial charge is 0.410 e. The maximum absolute atomic E-state index is 13.3. The van der Waals surface area contributed by atoms with Crippen molar-refractivity contribution in [2.45, 2.75) is 6.10 Å². The molecule has 0 spiro atoms. The Morgan fingerprint density at radius 2 is 1.92 bits per heavy atom. The van der Waals surface area contributed by atoms with E-state index >= 15 is 0 Å². The molecule has 0 aromatic heterocycles. The van der Waals surface area contributed by atoms with Crippen LogP contribution in [0.2, 0.25) is 0 Å². The number of rotatable bonds is 5. The molecule has 1 aliphatic heterocycles. The highest BCUT2D eigenvalue weighted by Gasteiger charge is 2.32. The highest BCUT2D eigenvalue weighted by atomic mass is 19.2. The molecule has 130 valence electrons. The minimum absolute atomic E-state index is 0.00727. The van der Waals surface area contributed by atoms with Crippen LogP contribution in [0.3, 0.4) is 0 Å². The molecule has 1 amide bonds. The van der Waals surface area contributed by atoms with Gasteiger partial charge in [-0.15, -0.1) is 0 Å². The van der Waals surface area contributed by atoms with Crippen LogP contribution in [-0.4, -0.2) is 36.7 Å². The van der Waals surface area contributed by atoms with E-state index < -0.39 is 29.8 Å². The van der Waals surface area contributed by atoms with Gasteiger partial charge in [-0.25, -0.2) is 18.4 Å². The minimum atomic E-state index is -0.996. The largest absolute Gasteiger partial charge is 0.460 e. The number of hydrogen-bond donors (Lipinski definition) is 0. The number of nitrogens with zero attached hydrogens (tertiary/aromatic N) is 1. The van der Waals surface area contributed by atoms with Crippen LogP contribution < -0.4 is 0 Å². The minimum Gasteiger partial charge on any atom is -0.460 e. The van der Waals surface area contributed by atoms with E-state index in [9.17, 15) is 18.4 Å². The quantitative estimate of drug-likeness (QED) is 0.779. The van der Waals surface area contributed by atoms with E-state index in [-0.39, 0.29) is 19.7 Å². The van der Waals surface area contributed by atoms with Gasteiger partial charge < -0.3 is 14.4 Å². The lowest BCUT2D eigenvalue weighted by Crippen LogP contribution is -2.29. The number of amides is 1. The van der Waals surface area contributed by atoms with Crippen LogP contribution in [0.25, 0.3) is 0 Å². The van der Waals surface area contributed by atoms with Crippen molar-refractivity contribution in [3.63, 3.8) is 0 Å². The van der Waals surface area contributed by atoms with Crippen molar-refractivity contribution in [3.8, 4) is 0 Å². The third-order valence-corrected chi connectivity index (χ3v) is 3.81. The zero-order valence-electron chi connectivity index (χ0n) is 13.2. The predicted octanol–water partition coefficient (Wildman–Crippen LogP) is 3.32. The van der Waals surface area contributed by atoms with E-state index in [0.717, 1.165) is 12.1 Å². The summed E-state index contributed by atoms with van der Waals surface area (Å²) in [4.78, 5) is 25.0. The second kappa shape index (κ2) is 7.29. The number of hydrogen-bond acceptors (Lipinski definition) is 4. The average Bonchev–Trinajstić information content (AvgIpc) is 2.99. The molecule has 1 saturated heterocycles. The fourth-order valence-electron chi connectivity index (χ4n) is 2.48. The Bertz CT molecular complexity index is 782. The summed E-state index contributed by atoms with van der Waals surface area (Å²) in [5.41, 5.74) is 0.794. The fourth-order valence-corrected chi connectivity index (χ4v) is 2.48. The van der Waals surface area contributed by atoms with Gasteiger partial charge in [0.15, 0.2) is 11.6 Å². The van der Waals surface area contributed by atoms with E-state index in [1.165, 1.54) is 11.0 Å². The summed E-state index contributed by atoms with van der Waals surface area (Å²) in [5.74, 6) is -2.44. The summed E-state index contributed by atoms with van der Waals surface area (Å²) in [7, 11) is 0. The topological polar surface area (TPSA) is 55.8 Å². The third kappa shape index (κ3) is 3.93. The van der Waals surface area contributed by atoms with Gasteiger partial charge >= 0.3 is 12.1 Å². The molecular weight excluding hydrogens is 332 g/mol. The van der Waals surface area contributed by atoms with Crippen molar-refractivity contribution in [2.75, 3.05) is 19.7 Å². The van der Waals surface area contributed by atoms with Crippen LogP contribution in [0, 0.1) is 11.6 Å². The van der Waals surface area contributed by atoms with Gasteiger partial charge in [-0.2, -0.15) is 0 Å². The Balaban J connectivity index is 1.53. The zero-order chi connectivity index (χ0) is 17.8. The molecule has 3 rings (SSSR count). The van der Waals surface area contributed by atoms with Gasteiger partial charge in [-0.05, 0) is 29.8 Å². The van der Waals surface area contributed by atoms with Crippen molar-refractivity contribution >= 4 is 12.1 Å². The number of esters is 1. The van der Waals surface area contributed by atoms with Crippen molar-refractivity contribution in [3.05, 3.63) is 71.3 Å². The average molecular weight is 347 g/mol. The summed E-state index contributed by atoms with van der Waals surface area (Å²) in [5, 5.41) is 0. The molecule has 0 bridgehead atoms. The first kappa shape index (κ1) is 16.9. The van der Waals surface area contributed by atoms with E-state index in [0.29, 0.717) is 11.1 Å². The van der Waals surface area contributed by atoms with Gasteiger partial charge in [0.2, 0.25) is 0 Å². The predicted molar refractivity (Wildman–Crippen MR) is 83.9 cm³/mol. The zero-order valence-corrected chi connectivity index (χ0v) is 13.2. The molecule has 7 heteroatoms. The van der Waals surface area contributed by atoms with Crippen molar-refractivity contribution in [1.29, 1.82) is 0 Å². The van der Waals surface area contributed by atoms with Gasteiger partial charge in [-0.1, -0.05) is 24.3 Å². The molecule has 1 unspecified atom stereocenters. The van der Waals surface area contributed by atoms with Gasteiger partial charge in [-0.3, -0.25) is 0 Å². The van der Waals surface area contributed by atoms with Crippen LogP contribution in [0.5, 0.6) is 0 Å². The molecule has 1 atom stereocenters. The molecule has 25 heavy (non-hydrogen) atoms.